The summed E-state index contributed by atoms with van der Waals surface area (Å²) in [4.78, 5) is 8.60. The summed E-state index contributed by atoms with van der Waals surface area (Å²) in [5.74, 6) is 2.89. The highest BCUT2D eigenvalue weighted by atomic mass is 35.5. The van der Waals surface area contributed by atoms with Crippen LogP contribution < -0.4 is 21.6 Å². The van der Waals surface area contributed by atoms with Gasteiger partial charge in [-0.25, -0.2) is 4.98 Å². The molecule has 10 heteroatoms. The summed E-state index contributed by atoms with van der Waals surface area (Å²) in [5, 5.41) is 10.3. The van der Waals surface area contributed by atoms with Crippen molar-refractivity contribution in [2.45, 2.75) is 40.2 Å². The third-order valence-electron chi connectivity index (χ3n) is 6.45. The predicted octanol–water partition coefficient (Wildman–Crippen LogP) is 5.24. The Morgan fingerprint density at radius 3 is 2.87 bits per heavy atom. The molecule has 38 heavy (non-hydrogen) atoms. The molecule has 0 saturated carbocycles. The largest absolute Gasteiger partial charge is 0.477 e. The topological polar surface area (TPSA) is 86.4 Å². The zero-order valence-corrected chi connectivity index (χ0v) is 22.6. The van der Waals surface area contributed by atoms with Gasteiger partial charge in [-0.1, -0.05) is 44.4 Å². The number of pyridine rings is 2. The number of ether oxygens (including phenoxy) is 1. The van der Waals surface area contributed by atoms with Crippen LogP contribution in [0.2, 0.25) is 5.02 Å². The number of hydrogen-bond acceptors (Lipinski definition) is 8. The van der Waals surface area contributed by atoms with Crippen LogP contribution in [-0.2, 0) is 4.74 Å². The van der Waals surface area contributed by atoms with Crippen LogP contribution in [0.25, 0.3) is 10.9 Å². The summed E-state index contributed by atoms with van der Waals surface area (Å²) >= 11 is 6.75. The predicted molar refractivity (Wildman–Crippen MR) is 149 cm³/mol. The van der Waals surface area contributed by atoms with Gasteiger partial charge in [0.15, 0.2) is 0 Å². The Balaban J connectivity index is 1.62. The minimum atomic E-state index is -0.535. The van der Waals surface area contributed by atoms with Crippen LogP contribution in [-0.4, -0.2) is 34.7 Å². The molecular formula is C28H31ClFN7O. The second-order valence-electron chi connectivity index (χ2n) is 10.7. The first-order valence-corrected chi connectivity index (χ1v) is 12.9. The fraction of sp³-hybridized carbons (Fsp3) is 0.357. The summed E-state index contributed by atoms with van der Waals surface area (Å²) < 4.78 is 19.9. The molecule has 4 heterocycles. The summed E-state index contributed by atoms with van der Waals surface area (Å²) in [6.07, 6.45) is 8.40. The Hall–Kier alpha value is -3.74. The molecule has 4 N–H and O–H groups in total. The second-order valence-corrected chi connectivity index (χ2v) is 11.1. The Kier molecular flexibility index (Phi) is 6.95. The maximum absolute atomic E-state index is 13.9. The van der Waals surface area contributed by atoms with E-state index in [1.165, 1.54) is 6.07 Å². The molecule has 198 valence electrons. The lowest BCUT2D eigenvalue weighted by molar-refractivity contribution is 0.0447. The number of halogens is 2. The maximum atomic E-state index is 13.9. The second kappa shape index (κ2) is 10.2. The Bertz CT molecular complexity index is 1460. The third kappa shape index (κ3) is 5.15. The fourth-order valence-corrected chi connectivity index (χ4v) is 4.86. The van der Waals surface area contributed by atoms with E-state index in [-0.39, 0.29) is 5.41 Å². The van der Waals surface area contributed by atoms with E-state index < -0.39 is 12.0 Å². The molecule has 0 bridgehead atoms. The van der Waals surface area contributed by atoms with Gasteiger partial charge in [-0.05, 0) is 30.5 Å². The first-order valence-electron chi connectivity index (χ1n) is 12.5. The standard InChI is InChI=1S/C28H31ClFN7O/c1-6-17-14-31-24-20(23(17)32-15-28(3,4)5)12-18(13-21(24)29)34-25(19-8-9-22(30)33-16(19)2)26-27-37(36-35-26)10-7-11-38-27/h1,8-9,12-14,25,34-36H,7,10-11,15H2,2-5H3,(H,31,32)/t25-/m0/s1. The molecule has 1 fully saturated rings. The third-order valence-corrected chi connectivity index (χ3v) is 6.73. The number of hydrazine groups is 2. The van der Waals surface area contributed by atoms with Crippen LogP contribution in [0.3, 0.4) is 0 Å². The van der Waals surface area contributed by atoms with Crippen molar-refractivity contribution < 1.29 is 9.13 Å². The zero-order valence-electron chi connectivity index (χ0n) is 21.9. The molecule has 1 atom stereocenters. The van der Waals surface area contributed by atoms with Crippen LogP contribution in [0.5, 0.6) is 0 Å². The van der Waals surface area contributed by atoms with E-state index in [1.54, 1.807) is 19.2 Å². The minimum absolute atomic E-state index is 0.0280. The minimum Gasteiger partial charge on any atom is -0.477 e. The lowest BCUT2D eigenvalue weighted by Crippen LogP contribution is -2.41. The Morgan fingerprint density at radius 2 is 2.13 bits per heavy atom. The van der Waals surface area contributed by atoms with E-state index >= 15 is 0 Å². The smallest absolute Gasteiger partial charge is 0.229 e. The van der Waals surface area contributed by atoms with Crippen molar-refractivity contribution in [3.05, 3.63) is 69.8 Å². The SMILES string of the molecule is C#Cc1cnc2c(Cl)cc(N[C@H](C3=C4OCCCN4NN3)c3ccc(F)nc3C)cc2c1NCC(C)(C)C. The molecule has 2 aliphatic heterocycles. The molecule has 0 unspecified atom stereocenters. The fourth-order valence-electron chi connectivity index (χ4n) is 4.59. The van der Waals surface area contributed by atoms with E-state index in [2.05, 4.69) is 58.3 Å². The number of aryl methyl sites for hydroxylation is 1. The van der Waals surface area contributed by atoms with Crippen molar-refractivity contribution in [3.63, 3.8) is 0 Å². The molecule has 0 spiro atoms. The Morgan fingerprint density at radius 1 is 1.32 bits per heavy atom. The van der Waals surface area contributed by atoms with E-state index in [0.717, 1.165) is 41.0 Å². The summed E-state index contributed by atoms with van der Waals surface area (Å²) in [7, 11) is 0. The summed E-state index contributed by atoms with van der Waals surface area (Å²) in [5.41, 5.74) is 11.4. The number of aromatic nitrogens is 2. The van der Waals surface area contributed by atoms with Gasteiger partial charge in [0, 0.05) is 48.0 Å². The van der Waals surface area contributed by atoms with Crippen LogP contribution in [0.4, 0.5) is 15.8 Å². The quantitative estimate of drug-likeness (QED) is 0.252. The van der Waals surface area contributed by atoms with Crippen molar-refractivity contribution in [2.24, 2.45) is 5.41 Å². The van der Waals surface area contributed by atoms with Crippen LogP contribution in [0.15, 0.2) is 42.0 Å². The summed E-state index contributed by atoms with van der Waals surface area (Å²) in [6, 6.07) is 6.44. The van der Waals surface area contributed by atoms with E-state index in [4.69, 9.17) is 22.8 Å². The molecule has 5 rings (SSSR count). The average molecular weight is 536 g/mol. The number of hydrogen-bond donors (Lipinski definition) is 4. The van der Waals surface area contributed by atoms with Gasteiger partial charge in [-0.3, -0.25) is 9.99 Å². The number of anilines is 2. The first kappa shape index (κ1) is 25.9. The van der Waals surface area contributed by atoms with Crippen LogP contribution in [0, 0.1) is 30.6 Å². The highest BCUT2D eigenvalue weighted by molar-refractivity contribution is 6.35. The van der Waals surface area contributed by atoms with Crippen molar-refractivity contribution in [1.82, 2.24) is 25.9 Å². The number of nitrogens with zero attached hydrogens (tertiary/aromatic N) is 3. The van der Waals surface area contributed by atoms with E-state index in [0.29, 0.717) is 40.8 Å². The Labute approximate surface area is 226 Å². The van der Waals surface area contributed by atoms with Gasteiger partial charge in [-0.2, -0.15) is 4.39 Å². The highest BCUT2D eigenvalue weighted by Crippen LogP contribution is 2.37. The summed E-state index contributed by atoms with van der Waals surface area (Å²) in [6.45, 7) is 10.3. The molecule has 1 saturated heterocycles. The zero-order chi connectivity index (χ0) is 27.0. The van der Waals surface area contributed by atoms with Gasteiger partial charge in [0.25, 0.3) is 0 Å². The molecular weight excluding hydrogens is 505 g/mol. The normalized spacial score (nSPS) is 16.0. The van der Waals surface area contributed by atoms with Crippen molar-refractivity contribution in [3.8, 4) is 12.3 Å². The first-order chi connectivity index (χ1) is 18.1. The van der Waals surface area contributed by atoms with E-state index in [1.807, 2.05) is 17.1 Å². The number of nitrogens with one attached hydrogen (secondary N) is 4. The van der Waals surface area contributed by atoms with Crippen molar-refractivity contribution in [2.75, 3.05) is 30.3 Å². The number of terminal acetylenes is 1. The van der Waals surface area contributed by atoms with Gasteiger partial charge >= 0.3 is 0 Å². The monoisotopic (exact) mass is 535 g/mol. The number of benzene rings is 1. The van der Waals surface area contributed by atoms with Crippen molar-refractivity contribution >= 4 is 33.9 Å². The van der Waals surface area contributed by atoms with Crippen molar-refractivity contribution in [1.29, 1.82) is 0 Å². The molecule has 0 amide bonds. The average Bonchev–Trinajstić information content (AvgIpc) is 3.29. The van der Waals surface area contributed by atoms with Gasteiger partial charge < -0.3 is 20.8 Å². The number of rotatable bonds is 6. The van der Waals surface area contributed by atoms with Crippen LogP contribution in [0.1, 0.15) is 50.1 Å². The van der Waals surface area contributed by atoms with Gasteiger partial charge in [0.2, 0.25) is 11.8 Å². The van der Waals surface area contributed by atoms with Gasteiger partial charge in [-0.15, -0.1) is 12.0 Å². The molecule has 3 aromatic rings. The molecule has 0 aliphatic carbocycles. The molecule has 8 nitrogen and oxygen atoms in total. The number of fused-ring (bicyclic) bond motifs is 2. The molecule has 1 aromatic carbocycles. The molecule has 0 radical (unpaired) electrons. The van der Waals surface area contributed by atoms with Gasteiger partial charge in [0.1, 0.15) is 11.7 Å². The molecule has 2 aromatic heterocycles. The van der Waals surface area contributed by atoms with E-state index in [9.17, 15) is 4.39 Å². The molecule has 2 aliphatic rings. The highest BCUT2D eigenvalue weighted by Gasteiger charge is 2.33. The van der Waals surface area contributed by atoms with Crippen LogP contribution >= 0.6 is 11.6 Å². The lowest BCUT2D eigenvalue weighted by atomic mass is 9.96. The van der Waals surface area contributed by atoms with Gasteiger partial charge in [0.05, 0.1) is 28.4 Å². The lowest BCUT2D eigenvalue weighted by Gasteiger charge is -2.27. The maximum Gasteiger partial charge on any atom is 0.229 e.